The van der Waals surface area contributed by atoms with E-state index in [9.17, 15) is 0 Å². The molecule has 4 aromatic carbocycles. The van der Waals surface area contributed by atoms with Crippen molar-refractivity contribution in [1.29, 1.82) is 0 Å². The second-order valence-electron chi connectivity index (χ2n) is 13.2. The molecule has 0 saturated heterocycles. The minimum atomic E-state index is -1.35. The van der Waals surface area contributed by atoms with E-state index in [1.807, 2.05) is 48.7 Å². The molecule has 6 aromatic rings. The van der Waals surface area contributed by atoms with E-state index in [0.717, 1.165) is 34.0 Å². The summed E-state index contributed by atoms with van der Waals surface area (Å²) in [5, 5.41) is 1.54. The maximum absolute atomic E-state index is 4.75. The zero-order valence-corrected chi connectivity index (χ0v) is 30.9. The SMILES string of the molecule is C[Si](C)(C)c1cnc(-c2[c-]cccc2)cc1CC1CCCC1.[Ir].[c-]1ccccc1-c1ccc(-c2ccccc2-c2ccccc2)cn1. The molecule has 7 rings (SSSR count). The normalized spacial score (nSPS) is 12.9. The molecule has 0 bridgehead atoms. The standard InChI is InChI=1S/C23H16N.C20H26NSi.Ir/c1-3-9-18(10-4-1)21-13-7-8-14-22(21)20-15-16-23(24-17-20)19-11-5-2-6-12-19;1-22(2,3)20-15-21-19(17-11-5-4-6-12-17)14-18(20)13-16-9-7-8-10-16;/h1-11,13-17H;4-6,11,14-16H,7-10,13H2,1-3H3;/q2*-1;. The zero-order chi connectivity index (χ0) is 31.8. The van der Waals surface area contributed by atoms with Crippen molar-refractivity contribution < 1.29 is 20.1 Å². The Balaban J connectivity index is 0.000000181. The smallest absolute Gasteiger partial charge is 0.0798 e. The third-order valence-corrected chi connectivity index (χ3v) is 10.9. The van der Waals surface area contributed by atoms with Crippen LogP contribution in [0.1, 0.15) is 31.2 Å². The van der Waals surface area contributed by atoms with Crippen LogP contribution in [0.4, 0.5) is 0 Å². The minimum absolute atomic E-state index is 0. The molecule has 2 nitrogen and oxygen atoms in total. The van der Waals surface area contributed by atoms with Crippen LogP contribution in [0.5, 0.6) is 0 Å². The average molecular weight is 807 g/mol. The Bertz CT molecular complexity index is 1830. The number of nitrogens with zero attached hydrogens (tertiary/aromatic N) is 2. The van der Waals surface area contributed by atoms with Gasteiger partial charge in [-0.05, 0) is 51.2 Å². The third kappa shape index (κ3) is 8.90. The summed E-state index contributed by atoms with van der Waals surface area (Å²) in [5.74, 6) is 0.880. The van der Waals surface area contributed by atoms with Crippen LogP contribution in [-0.4, -0.2) is 18.0 Å². The molecule has 1 fully saturated rings. The van der Waals surface area contributed by atoms with Crippen LogP contribution in [0, 0.1) is 18.1 Å². The third-order valence-electron chi connectivity index (χ3n) is 8.84. The molecule has 1 aliphatic carbocycles. The van der Waals surface area contributed by atoms with Crippen molar-refractivity contribution in [2.24, 2.45) is 5.92 Å². The van der Waals surface area contributed by atoms with Crippen molar-refractivity contribution >= 4 is 13.3 Å². The predicted octanol–water partition coefficient (Wildman–Crippen LogP) is 10.7. The molecule has 4 heteroatoms. The van der Waals surface area contributed by atoms with E-state index in [1.54, 1.807) is 10.8 Å². The van der Waals surface area contributed by atoms with Gasteiger partial charge in [-0.15, -0.1) is 71.8 Å². The van der Waals surface area contributed by atoms with Gasteiger partial charge in [-0.2, -0.15) is 0 Å². The largest absolute Gasteiger partial charge is 0.305 e. The van der Waals surface area contributed by atoms with Gasteiger partial charge in [0.25, 0.3) is 0 Å². The minimum Gasteiger partial charge on any atom is -0.305 e. The molecule has 239 valence electrons. The predicted molar refractivity (Wildman–Crippen MR) is 197 cm³/mol. The van der Waals surface area contributed by atoms with Crippen LogP contribution in [0.3, 0.4) is 0 Å². The van der Waals surface area contributed by atoms with Gasteiger partial charge in [-0.1, -0.05) is 124 Å². The average Bonchev–Trinajstić information content (AvgIpc) is 3.62. The van der Waals surface area contributed by atoms with E-state index >= 15 is 0 Å². The molecule has 0 aliphatic heterocycles. The molecular formula is C43H42IrN2Si-2. The van der Waals surface area contributed by atoms with Gasteiger partial charge in [0.1, 0.15) is 0 Å². The summed E-state index contributed by atoms with van der Waals surface area (Å²) >= 11 is 0. The van der Waals surface area contributed by atoms with Gasteiger partial charge in [0, 0.05) is 32.5 Å². The van der Waals surface area contributed by atoms with Gasteiger partial charge in [-0.25, -0.2) is 0 Å². The van der Waals surface area contributed by atoms with E-state index < -0.39 is 8.07 Å². The first-order valence-corrected chi connectivity index (χ1v) is 20.0. The second-order valence-corrected chi connectivity index (χ2v) is 18.3. The Labute approximate surface area is 295 Å². The van der Waals surface area contributed by atoms with E-state index in [0.29, 0.717) is 0 Å². The summed E-state index contributed by atoms with van der Waals surface area (Å²) in [6, 6.07) is 48.0. The number of hydrogen-bond donors (Lipinski definition) is 0. The molecule has 1 radical (unpaired) electrons. The van der Waals surface area contributed by atoms with Gasteiger partial charge in [0.05, 0.1) is 8.07 Å². The summed E-state index contributed by atoms with van der Waals surface area (Å²) in [5.41, 5.74) is 10.4. The summed E-state index contributed by atoms with van der Waals surface area (Å²) in [6.07, 6.45) is 11.0. The molecule has 1 saturated carbocycles. The fraction of sp³-hybridized carbons (Fsp3) is 0.209. The quantitative estimate of drug-likeness (QED) is 0.119. The molecule has 0 amide bonds. The molecule has 0 N–H and O–H groups in total. The van der Waals surface area contributed by atoms with Gasteiger partial charge < -0.3 is 9.97 Å². The molecule has 0 atom stereocenters. The first kappa shape index (κ1) is 34.4. The Hall–Kier alpha value is -3.95. The van der Waals surface area contributed by atoms with E-state index in [-0.39, 0.29) is 20.1 Å². The van der Waals surface area contributed by atoms with Gasteiger partial charge in [-0.3, -0.25) is 0 Å². The Kier molecular flexibility index (Phi) is 11.9. The Morgan fingerprint density at radius 1 is 0.617 bits per heavy atom. The molecule has 2 aromatic heterocycles. The first-order valence-electron chi connectivity index (χ1n) is 16.5. The maximum atomic E-state index is 4.75. The van der Waals surface area contributed by atoms with Crippen LogP contribution >= 0.6 is 0 Å². The van der Waals surface area contributed by atoms with Crippen LogP contribution in [0.2, 0.25) is 19.6 Å². The number of pyridine rings is 2. The van der Waals surface area contributed by atoms with Crippen LogP contribution in [0.25, 0.3) is 44.8 Å². The van der Waals surface area contributed by atoms with Crippen LogP contribution in [0.15, 0.2) is 134 Å². The fourth-order valence-electron chi connectivity index (χ4n) is 6.44. The molecule has 0 spiro atoms. The van der Waals surface area contributed by atoms with Crippen LogP contribution in [-0.2, 0) is 26.5 Å². The van der Waals surface area contributed by atoms with Crippen molar-refractivity contribution in [2.75, 3.05) is 0 Å². The van der Waals surface area contributed by atoms with Gasteiger partial charge in [0.15, 0.2) is 0 Å². The number of rotatable bonds is 7. The number of aromatic nitrogens is 2. The summed E-state index contributed by atoms with van der Waals surface area (Å²) in [4.78, 5) is 9.38. The Morgan fingerprint density at radius 3 is 1.77 bits per heavy atom. The second kappa shape index (κ2) is 16.2. The van der Waals surface area contributed by atoms with Crippen molar-refractivity contribution in [2.45, 2.75) is 51.7 Å². The number of hydrogen-bond acceptors (Lipinski definition) is 2. The number of benzene rings is 4. The molecule has 0 unspecified atom stereocenters. The molecule has 2 heterocycles. The van der Waals surface area contributed by atoms with E-state index in [4.69, 9.17) is 4.98 Å². The van der Waals surface area contributed by atoms with Gasteiger partial charge in [0.2, 0.25) is 0 Å². The topological polar surface area (TPSA) is 25.8 Å². The van der Waals surface area contributed by atoms with Crippen molar-refractivity contribution in [1.82, 2.24) is 9.97 Å². The van der Waals surface area contributed by atoms with Crippen LogP contribution < -0.4 is 5.19 Å². The first-order chi connectivity index (χ1) is 22.5. The van der Waals surface area contributed by atoms with Crippen molar-refractivity contribution in [3.8, 4) is 44.8 Å². The Morgan fingerprint density at radius 2 is 1.19 bits per heavy atom. The monoisotopic (exact) mass is 807 g/mol. The maximum Gasteiger partial charge on any atom is 0.0798 e. The summed E-state index contributed by atoms with van der Waals surface area (Å²) in [6.45, 7) is 7.28. The molecule has 1 aliphatic rings. The van der Waals surface area contributed by atoms with Crippen molar-refractivity contribution in [3.05, 3.63) is 151 Å². The van der Waals surface area contributed by atoms with E-state index in [2.05, 4.69) is 122 Å². The fourth-order valence-corrected chi connectivity index (χ4v) is 8.03. The molecular weight excluding hydrogens is 765 g/mol. The summed E-state index contributed by atoms with van der Waals surface area (Å²) < 4.78 is 0. The molecule has 47 heavy (non-hydrogen) atoms. The zero-order valence-electron chi connectivity index (χ0n) is 27.5. The van der Waals surface area contributed by atoms with E-state index in [1.165, 1.54) is 48.8 Å². The van der Waals surface area contributed by atoms with Gasteiger partial charge >= 0.3 is 0 Å². The summed E-state index contributed by atoms with van der Waals surface area (Å²) in [7, 11) is -1.35. The van der Waals surface area contributed by atoms with Crippen molar-refractivity contribution in [3.63, 3.8) is 0 Å².